The maximum atomic E-state index is 2.48. The van der Waals surface area contributed by atoms with Gasteiger partial charge in [0, 0.05) is 32.9 Å². The molecule has 12 aromatic carbocycles. The molecule has 14 aromatic rings. The molecule has 0 saturated heterocycles. The minimum atomic E-state index is 1.16. The number of rotatable bonds is 6. The van der Waals surface area contributed by atoms with Crippen molar-refractivity contribution in [3.63, 3.8) is 0 Å². The Hall–Kier alpha value is -8.98. The number of benzene rings is 12. The first-order chi connectivity index (χ1) is 33.8. The van der Waals surface area contributed by atoms with Crippen molar-refractivity contribution in [2.75, 3.05) is 0 Å². The summed E-state index contributed by atoms with van der Waals surface area (Å²) in [5.41, 5.74) is 16.9. The lowest BCUT2D eigenvalue weighted by Crippen LogP contribution is -1.93. The lowest BCUT2D eigenvalue weighted by atomic mass is 9.84. The summed E-state index contributed by atoms with van der Waals surface area (Å²) in [6.45, 7) is 0. The Kier molecular flexibility index (Phi) is 8.62. The fraction of sp³-hybridized carbons (Fsp3) is 0. The summed E-state index contributed by atoms with van der Waals surface area (Å²) in [5.74, 6) is 0. The highest BCUT2D eigenvalue weighted by Gasteiger charge is 2.21. The van der Waals surface area contributed by atoms with Gasteiger partial charge in [0.1, 0.15) is 0 Å². The molecule has 0 radical (unpaired) electrons. The summed E-state index contributed by atoms with van der Waals surface area (Å²) < 4.78 is 4.79. The number of hydrogen-bond acceptors (Lipinski definition) is 0. The number of para-hydroxylation sites is 4. The highest BCUT2D eigenvalue weighted by Crippen LogP contribution is 2.47. The Labute approximate surface area is 393 Å². The van der Waals surface area contributed by atoms with Crippen molar-refractivity contribution in [1.29, 1.82) is 0 Å². The molecule has 0 N–H and O–H groups in total. The van der Waals surface area contributed by atoms with E-state index in [1.54, 1.807) is 0 Å². The highest BCUT2D eigenvalue weighted by atomic mass is 15.0. The first kappa shape index (κ1) is 38.3. The predicted molar refractivity (Wildman–Crippen MR) is 289 cm³/mol. The van der Waals surface area contributed by atoms with Crippen LogP contribution in [-0.4, -0.2) is 9.13 Å². The molecule has 2 aromatic heterocycles. The third kappa shape index (κ3) is 5.84. The van der Waals surface area contributed by atoms with Crippen molar-refractivity contribution in [2.45, 2.75) is 0 Å². The van der Waals surface area contributed by atoms with Crippen LogP contribution < -0.4 is 0 Å². The van der Waals surface area contributed by atoms with Gasteiger partial charge in [-0.2, -0.15) is 0 Å². The van der Waals surface area contributed by atoms with Crippen LogP contribution in [0.2, 0.25) is 0 Å². The zero-order chi connectivity index (χ0) is 44.7. The molecule has 0 amide bonds. The Morgan fingerprint density at radius 1 is 0.191 bits per heavy atom. The van der Waals surface area contributed by atoms with Gasteiger partial charge in [0.2, 0.25) is 0 Å². The van der Waals surface area contributed by atoms with Crippen molar-refractivity contribution in [2.24, 2.45) is 0 Å². The first-order valence-electron chi connectivity index (χ1n) is 23.5. The smallest absolute Gasteiger partial charge is 0.0541 e. The average molecular weight is 863 g/mol. The van der Waals surface area contributed by atoms with Crippen molar-refractivity contribution in [1.82, 2.24) is 9.13 Å². The van der Waals surface area contributed by atoms with Crippen LogP contribution in [0.4, 0.5) is 0 Å². The maximum Gasteiger partial charge on any atom is 0.0541 e. The number of nitrogens with zero attached hydrogens (tertiary/aromatic N) is 2. The number of fused-ring (bicyclic) bond motifs is 9. The lowest BCUT2D eigenvalue weighted by molar-refractivity contribution is 1.18. The van der Waals surface area contributed by atoms with Crippen LogP contribution in [0.3, 0.4) is 0 Å². The second kappa shape index (κ2) is 15.3. The van der Waals surface area contributed by atoms with Gasteiger partial charge < -0.3 is 9.13 Å². The summed E-state index contributed by atoms with van der Waals surface area (Å²) >= 11 is 0. The molecule has 2 heterocycles. The summed E-state index contributed by atoms with van der Waals surface area (Å²) in [4.78, 5) is 0. The molecule has 0 spiro atoms. The number of aromatic nitrogens is 2. The SMILES string of the molecule is c1ccc(-c2cccc3c(-c4c5cccc(-c6ccc7c(c6)c6ccccc6n7-c6ccccc6)c5cc5c(-c6ccc7c(c6)c6ccccc6n7-c6ccccc6)cccc45)cccc23)cc1. The fourth-order valence-corrected chi connectivity index (χ4v) is 11.3. The lowest BCUT2D eigenvalue weighted by Gasteiger charge is -2.19. The summed E-state index contributed by atoms with van der Waals surface area (Å²) in [6.07, 6.45) is 0. The minimum absolute atomic E-state index is 1.16. The van der Waals surface area contributed by atoms with Crippen molar-refractivity contribution < 1.29 is 0 Å². The van der Waals surface area contributed by atoms with Crippen LogP contribution in [0.1, 0.15) is 0 Å². The molecule has 0 atom stereocenters. The van der Waals surface area contributed by atoms with Gasteiger partial charge in [-0.3, -0.25) is 0 Å². The second-order valence-electron chi connectivity index (χ2n) is 18.0. The monoisotopic (exact) mass is 862 g/mol. The van der Waals surface area contributed by atoms with Crippen LogP contribution in [0.25, 0.3) is 132 Å². The van der Waals surface area contributed by atoms with E-state index in [0.717, 1.165) is 11.4 Å². The molecule has 0 aliphatic carbocycles. The van der Waals surface area contributed by atoms with E-state index >= 15 is 0 Å². The first-order valence-corrected chi connectivity index (χ1v) is 23.5. The molecule has 0 unspecified atom stereocenters. The quantitative estimate of drug-likeness (QED) is 0.147. The standard InChI is InChI=1S/C66H42N2/c1-4-18-43(19-5-1)48-26-14-30-52-51(48)29-17-31-55(52)66-56-32-15-27-49(44-36-38-64-60(40-44)53-24-10-12-34-62(53)67(64)46-20-6-2-7-21-46)58(56)42-59-50(28-16-33-57(59)66)45-37-39-65-61(41-45)54-25-11-13-35-63(54)68(65)47-22-8-3-9-23-47/h1-42H. The number of hydrogen-bond donors (Lipinski definition) is 0. The molecule has 68 heavy (non-hydrogen) atoms. The van der Waals surface area contributed by atoms with E-state index in [-0.39, 0.29) is 0 Å². The molecule has 0 fully saturated rings. The minimum Gasteiger partial charge on any atom is -0.309 e. The molecule has 0 bridgehead atoms. The zero-order valence-electron chi connectivity index (χ0n) is 37.1. The van der Waals surface area contributed by atoms with Gasteiger partial charge in [-0.25, -0.2) is 0 Å². The van der Waals surface area contributed by atoms with Crippen molar-refractivity contribution >= 4 is 75.9 Å². The topological polar surface area (TPSA) is 9.86 Å². The molecule has 316 valence electrons. The van der Waals surface area contributed by atoms with Gasteiger partial charge in [0.25, 0.3) is 0 Å². The van der Waals surface area contributed by atoms with Gasteiger partial charge in [-0.05, 0) is 144 Å². The second-order valence-corrected chi connectivity index (χ2v) is 18.0. The molecule has 0 saturated carbocycles. The van der Waals surface area contributed by atoms with E-state index < -0.39 is 0 Å². The van der Waals surface area contributed by atoms with Crippen LogP contribution in [-0.2, 0) is 0 Å². The Balaban J connectivity index is 1.06. The largest absolute Gasteiger partial charge is 0.309 e. The van der Waals surface area contributed by atoms with E-state index in [2.05, 4.69) is 264 Å². The average Bonchev–Trinajstić information content (AvgIpc) is 3.92. The van der Waals surface area contributed by atoms with Crippen molar-refractivity contribution in [3.8, 4) is 55.9 Å². The van der Waals surface area contributed by atoms with E-state index in [0.29, 0.717) is 0 Å². The van der Waals surface area contributed by atoms with Crippen LogP contribution in [0, 0.1) is 0 Å². The Bertz CT molecular complexity index is 4080. The van der Waals surface area contributed by atoms with Gasteiger partial charge in [-0.1, -0.05) is 188 Å². The zero-order valence-corrected chi connectivity index (χ0v) is 37.1. The van der Waals surface area contributed by atoms with E-state index in [1.165, 1.54) is 120 Å². The summed E-state index contributed by atoms with van der Waals surface area (Å²) in [7, 11) is 0. The maximum absolute atomic E-state index is 2.48. The third-order valence-electron chi connectivity index (χ3n) is 14.3. The van der Waals surface area contributed by atoms with E-state index in [9.17, 15) is 0 Å². The van der Waals surface area contributed by atoms with Gasteiger partial charge in [0.15, 0.2) is 0 Å². The third-order valence-corrected chi connectivity index (χ3v) is 14.3. The fourth-order valence-electron chi connectivity index (χ4n) is 11.3. The molecule has 0 aliphatic heterocycles. The molecular weight excluding hydrogens is 821 g/mol. The predicted octanol–water partition coefficient (Wildman–Crippen LogP) is 18.0. The Morgan fingerprint density at radius 2 is 0.559 bits per heavy atom. The molecule has 14 rings (SSSR count). The summed E-state index contributed by atoms with van der Waals surface area (Å²) in [5, 5.41) is 12.4. The van der Waals surface area contributed by atoms with E-state index in [1.807, 2.05) is 0 Å². The van der Waals surface area contributed by atoms with Gasteiger partial charge >= 0.3 is 0 Å². The van der Waals surface area contributed by atoms with Gasteiger partial charge in [-0.15, -0.1) is 0 Å². The van der Waals surface area contributed by atoms with Gasteiger partial charge in [0.05, 0.1) is 22.1 Å². The summed E-state index contributed by atoms with van der Waals surface area (Å²) in [6, 6.07) is 93.9. The molecular formula is C66H42N2. The van der Waals surface area contributed by atoms with Crippen LogP contribution in [0.15, 0.2) is 255 Å². The molecule has 2 nitrogen and oxygen atoms in total. The molecule has 0 aliphatic rings. The van der Waals surface area contributed by atoms with E-state index in [4.69, 9.17) is 0 Å². The van der Waals surface area contributed by atoms with Crippen LogP contribution >= 0.6 is 0 Å². The van der Waals surface area contributed by atoms with Crippen molar-refractivity contribution in [3.05, 3.63) is 255 Å². The Morgan fingerprint density at radius 3 is 1.06 bits per heavy atom. The normalized spacial score (nSPS) is 11.8. The van der Waals surface area contributed by atoms with Crippen LogP contribution in [0.5, 0.6) is 0 Å². The molecule has 2 heteroatoms. The highest BCUT2D eigenvalue weighted by molar-refractivity contribution is 6.23.